The monoisotopic (exact) mass is 202 g/mol. The molecule has 0 amide bonds. The Labute approximate surface area is 83.9 Å². The topological polar surface area (TPSA) is 74.6 Å². The molecule has 0 rings (SSSR count). The van der Waals surface area contributed by atoms with Gasteiger partial charge in [0, 0.05) is 0 Å². The molecule has 0 radical (unpaired) electrons. The number of carbonyl (C=O) groups is 2. The van der Waals surface area contributed by atoms with Crippen LogP contribution in [0.25, 0.3) is 0 Å². The zero-order valence-corrected chi connectivity index (χ0v) is 8.75. The summed E-state index contributed by atoms with van der Waals surface area (Å²) in [5, 5.41) is 17.6. The van der Waals surface area contributed by atoms with Crippen LogP contribution in [0, 0.1) is 5.41 Å². The van der Waals surface area contributed by atoms with Crippen LogP contribution in [-0.4, -0.2) is 22.2 Å². The highest BCUT2D eigenvalue weighted by Gasteiger charge is 2.40. The molecule has 0 aromatic carbocycles. The lowest BCUT2D eigenvalue weighted by molar-refractivity contribution is -0.163. The molecule has 14 heavy (non-hydrogen) atoms. The number of carboxylic acid groups (broad SMARTS) is 2. The van der Waals surface area contributed by atoms with Crippen molar-refractivity contribution in [3.63, 3.8) is 0 Å². The average Bonchev–Trinajstić information content (AvgIpc) is 2.11. The lowest BCUT2D eigenvalue weighted by atomic mass is 9.85. The molecule has 82 valence electrons. The van der Waals surface area contributed by atoms with Crippen molar-refractivity contribution in [2.75, 3.05) is 0 Å². The Hall–Kier alpha value is -1.06. The zero-order chi connectivity index (χ0) is 11.2. The summed E-state index contributed by atoms with van der Waals surface area (Å²) >= 11 is 0. The maximum atomic E-state index is 10.7. The third-order valence-corrected chi connectivity index (χ3v) is 2.47. The molecule has 0 aromatic rings. The van der Waals surface area contributed by atoms with E-state index in [0.717, 1.165) is 19.3 Å². The van der Waals surface area contributed by atoms with Gasteiger partial charge < -0.3 is 10.2 Å². The molecule has 2 N–H and O–H groups in total. The van der Waals surface area contributed by atoms with Crippen LogP contribution in [0.5, 0.6) is 0 Å². The van der Waals surface area contributed by atoms with Crippen molar-refractivity contribution in [2.45, 2.75) is 46.0 Å². The summed E-state index contributed by atoms with van der Waals surface area (Å²) in [5.41, 5.74) is -1.62. The third kappa shape index (κ3) is 3.36. The largest absolute Gasteiger partial charge is 0.480 e. The van der Waals surface area contributed by atoms with Gasteiger partial charge in [0.1, 0.15) is 0 Å². The molecule has 4 nitrogen and oxygen atoms in total. The van der Waals surface area contributed by atoms with Crippen molar-refractivity contribution in [1.29, 1.82) is 0 Å². The maximum Gasteiger partial charge on any atom is 0.320 e. The van der Waals surface area contributed by atoms with Crippen LogP contribution in [0.2, 0.25) is 0 Å². The first-order valence-corrected chi connectivity index (χ1v) is 4.92. The Morgan fingerprint density at radius 2 is 1.57 bits per heavy atom. The highest BCUT2D eigenvalue weighted by atomic mass is 16.4. The lowest BCUT2D eigenvalue weighted by Crippen LogP contribution is -2.36. The van der Waals surface area contributed by atoms with Crippen LogP contribution >= 0.6 is 0 Å². The van der Waals surface area contributed by atoms with Crippen LogP contribution in [-0.2, 0) is 9.59 Å². The van der Waals surface area contributed by atoms with E-state index < -0.39 is 17.4 Å². The number of unbranched alkanes of at least 4 members (excludes halogenated alkanes) is 3. The number of hydrogen-bond acceptors (Lipinski definition) is 2. The molecule has 0 aliphatic rings. The summed E-state index contributed by atoms with van der Waals surface area (Å²) < 4.78 is 0. The van der Waals surface area contributed by atoms with Gasteiger partial charge in [-0.2, -0.15) is 0 Å². The quantitative estimate of drug-likeness (QED) is 0.490. The number of aliphatic carboxylic acids is 2. The molecule has 0 aromatic heterocycles. The smallest absolute Gasteiger partial charge is 0.320 e. The van der Waals surface area contributed by atoms with Gasteiger partial charge in [0.05, 0.1) is 0 Å². The first-order valence-electron chi connectivity index (χ1n) is 4.92. The van der Waals surface area contributed by atoms with Crippen LogP contribution in [0.1, 0.15) is 46.0 Å². The Kier molecular flexibility index (Phi) is 5.20. The van der Waals surface area contributed by atoms with E-state index in [2.05, 4.69) is 0 Å². The summed E-state index contributed by atoms with van der Waals surface area (Å²) in [5.74, 6) is -2.50. The second-order valence-electron chi connectivity index (χ2n) is 3.75. The van der Waals surface area contributed by atoms with Gasteiger partial charge in [0.15, 0.2) is 5.41 Å². The van der Waals surface area contributed by atoms with Gasteiger partial charge in [-0.25, -0.2) is 0 Å². The predicted molar refractivity (Wildman–Crippen MR) is 52.1 cm³/mol. The van der Waals surface area contributed by atoms with Crippen molar-refractivity contribution in [1.82, 2.24) is 0 Å². The molecule has 0 heterocycles. The van der Waals surface area contributed by atoms with Crippen molar-refractivity contribution in [2.24, 2.45) is 5.41 Å². The fourth-order valence-electron chi connectivity index (χ4n) is 1.21. The number of rotatable bonds is 7. The van der Waals surface area contributed by atoms with Gasteiger partial charge in [-0.3, -0.25) is 9.59 Å². The molecular weight excluding hydrogens is 184 g/mol. The fourth-order valence-corrected chi connectivity index (χ4v) is 1.21. The van der Waals surface area contributed by atoms with Crippen LogP contribution in [0.4, 0.5) is 0 Å². The summed E-state index contributed by atoms with van der Waals surface area (Å²) in [6, 6.07) is 0. The van der Waals surface area contributed by atoms with E-state index in [9.17, 15) is 9.59 Å². The van der Waals surface area contributed by atoms with E-state index in [0.29, 0.717) is 6.42 Å². The molecular formula is C10H18O4. The molecule has 0 aliphatic heterocycles. The molecule has 0 unspecified atom stereocenters. The minimum absolute atomic E-state index is 0.206. The average molecular weight is 202 g/mol. The van der Waals surface area contributed by atoms with E-state index in [1.54, 1.807) is 0 Å². The SMILES string of the molecule is CCCCCCC(C)(C(=O)O)C(=O)O. The molecule has 4 heteroatoms. The maximum absolute atomic E-state index is 10.7. The lowest BCUT2D eigenvalue weighted by Gasteiger charge is -2.18. The molecule has 0 aliphatic carbocycles. The van der Waals surface area contributed by atoms with E-state index >= 15 is 0 Å². The highest BCUT2D eigenvalue weighted by Crippen LogP contribution is 2.25. The van der Waals surface area contributed by atoms with Crippen molar-refractivity contribution in [3.05, 3.63) is 0 Å². The molecule has 0 saturated heterocycles. The van der Waals surface area contributed by atoms with E-state index in [4.69, 9.17) is 10.2 Å². The highest BCUT2D eigenvalue weighted by molar-refractivity contribution is 5.97. The molecule has 0 atom stereocenters. The van der Waals surface area contributed by atoms with E-state index in [1.807, 2.05) is 6.92 Å². The summed E-state index contributed by atoms with van der Waals surface area (Å²) in [6.45, 7) is 3.32. The van der Waals surface area contributed by atoms with Crippen molar-refractivity contribution < 1.29 is 19.8 Å². The predicted octanol–water partition coefficient (Wildman–Crippen LogP) is 2.13. The minimum Gasteiger partial charge on any atom is -0.480 e. The summed E-state index contributed by atoms with van der Waals surface area (Å²) in [4.78, 5) is 21.5. The standard InChI is InChI=1S/C10H18O4/c1-3-4-5-6-7-10(2,8(11)12)9(13)14/h3-7H2,1-2H3,(H,11,12)(H,13,14). The van der Waals surface area contributed by atoms with Crippen molar-refractivity contribution in [3.8, 4) is 0 Å². The zero-order valence-electron chi connectivity index (χ0n) is 8.75. The Bertz CT molecular complexity index is 196. The van der Waals surface area contributed by atoms with Crippen molar-refractivity contribution >= 4 is 11.9 Å². The van der Waals surface area contributed by atoms with Crippen LogP contribution in [0.15, 0.2) is 0 Å². The first kappa shape index (κ1) is 12.9. The van der Waals surface area contributed by atoms with Gasteiger partial charge in [-0.05, 0) is 13.3 Å². The Balaban J connectivity index is 4.12. The second-order valence-corrected chi connectivity index (χ2v) is 3.75. The van der Waals surface area contributed by atoms with Crippen LogP contribution < -0.4 is 0 Å². The van der Waals surface area contributed by atoms with Gasteiger partial charge >= 0.3 is 11.9 Å². The first-order chi connectivity index (χ1) is 6.45. The molecule has 0 fully saturated rings. The van der Waals surface area contributed by atoms with Gasteiger partial charge in [-0.15, -0.1) is 0 Å². The number of hydrogen-bond donors (Lipinski definition) is 2. The molecule has 0 bridgehead atoms. The molecule has 0 spiro atoms. The van der Waals surface area contributed by atoms with Gasteiger partial charge in [-0.1, -0.05) is 32.6 Å². The van der Waals surface area contributed by atoms with Crippen LogP contribution in [0.3, 0.4) is 0 Å². The van der Waals surface area contributed by atoms with Gasteiger partial charge in [0.2, 0.25) is 0 Å². The minimum atomic E-state index is -1.62. The second kappa shape index (κ2) is 5.62. The Morgan fingerprint density at radius 3 is 1.93 bits per heavy atom. The van der Waals surface area contributed by atoms with E-state index in [1.165, 1.54) is 6.92 Å². The Morgan fingerprint density at radius 1 is 1.07 bits per heavy atom. The van der Waals surface area contributed by atoms with Gasteiger partial charge in [0.25, 0.3) is 0 Å². The van der Waals surface area contributed by atoms with E-state index in [-0.39, 0.29) is 6.42 Å². The summed E-state index contributed by atoms with van der Waals surface area (Å²) in [6.07, 6.45) is 3.83. The third-order valence-electron chi connectivity index (χ3n) is 2.47. The fraction of sp³-hybridized carbons (Fsp3) is 0.800. The molecule has 0 saturated carbocycles. The normalized spacial score (nSPS) is 11.3. The summed E-state index contributed by atoms with van der Waals surface area (Å²) in [7, 11) is 0. The number of carboxylic acids is 2.